The molecule has 0 atom stereocenters. The van der Waals surface area contributed by atoms with Gasteiger partial charge in [0.15, 0.2) is 5.82 Å². The molecule has 1 heterocycles. The molecule has 0 aliphatic rings. The van der Waals surface area contributed by atoms with Gasteiger partial charge in [0.2, 0.25) is 5.89 Å². The first-order chi connectivity index (χ1) is 8.78. The predicted octanol–water partition coefficient (Wildman–Crippen LogP) is 2.57. The van der Waals surface area contributed by atoms with Gasteiger partial charge in [-0.3, -0.25) is 0 Å². The van der Waals surface area contributed by atoms with Gasteiger partial charge in [-0.05, 0) is 24.2 Å². The van der Waals surface area contributed by atoms with Gasteiger partial charge in [-0.25, -0.2) is 0 Å². The van der Waals surface area contributed by atoms with Crippen LogP contribution in [0.1, 0.15) is 24.2 Å². The molecule has 96 valence electrons. The summed E-state index contributed by atoms with van der Waals surface area (Å²) in [6, 6.07) is 8.13. The van der Waals surface area contributed by atoms with Crippen molar-refractivity contribution in [2.24, 2.45) is 0 Å². The van der Waals surface area contributed by atoms with Gasteiger partial charge in [-0.15, -0.1) is 0 Å². The lowest BCUT2D eigenvalue weighted by Crippen LogP contribution is -2.16. The first-order valence-corrected chi connectivity index (χ1v) is 6.84. The molecule has 0 aliphatic heterocycles. The zero-order valence-electron chi connectivity index (χ0n) is 10.3. The molecule has 2 aromatic rings. The quantitative estimate of drug-likeness (QED) is 0.833. The summed E-state index contributed by atoms with van der Waals surface area (Å²) in [5.41, 5.74) is 1.17. The van der Waals surface area contributed by atoms with Crippen LogP contribution in [-0.2, 0) is 12.8 Å². The van der Waals surface area contributed by atoms with E-state index < -0.39 is 0 Å². The Kier molecular flexibility index (Phi) is 4.90. The molecule has 0 fully saturated rings. The topological polar surface area (TPSA) is 51.0 Å². The molecule has 0 aliphatic carbocycles. The average molecular weight is 310 g/mol. The molecular weight excluding hydrogens is 294 g/mol. The number of nitrogens with zero attached hydrogens (tertiary/aromatic N) is 2. The fraction of sp³-hybridized carbons (Fsp3) is 0.385. The Hall–Kier alpha value is -1.20. The van der Waals surface area contributed by atoms with Crippen molar-refractivity contribution in [3.05, 3.63) is 46.0 Å². The number of nitrogens with one attached hydrogen (secondary N) is 1. The maximum Gasteiger partial charge on any atom is 0.227 e. The molecule has 5 heteroatoms. The van der Waals surface area contributed by atoms with Crippen molar-refractivity contribution in [2.45, 2.75) is 19.8 Å². The van der Waals surface area contributed by atoms with E-state index in [1.54, 1.807) is 0 Å². The van der Waals surface area contributed by atoms with Crippen LogP contribution in [0.15, 0.2) is 33.3 Å². The highest BCUT2D eigenvalue weighted by Gasteiger charge is 2.06. The Labute approximate surface area is 115 Å². The number of halogens is 1. The molecule has 0 saturated heterocycles. The highest BCUT2D eigenvalue weighted by Crippen LogP contribution is 2.14. The first kappa shape index (κ1) is 13.2. The predicted molar refractivity (Wildman–Crippen MR) is 73.5 cm³/mol. The molecule has 0 radical (unpaired) electrons. The Bertz CT molecular complexity index is 498. The van der Waals surface area contributed by atoms with E-state index in [4.69, 9.17) is 4.52 Å². The molecule has 1 N–H and O–H groups in total. The smallest absolute Gasteiger partial charge is 0.227 e. The summed E-state index contributed by atoms with van der Waals surface area (Å²) >= 11 is 3.45. The van der Waals surface area contributed by atoms with Crippen LogP contribution in [0, 0.1) is 0 Å². The van der Waals surface area contributed by atoms with Crippen molar-refractivity contribution in [1.82, 2.24) is 15.5 Å². The Morgan fingerprint density at radius 1 is 1.39 bits per heavy atom. The lowest BCUT2D eigenvalue weighted by molar-refractivity contribution is 0.372. The molecule has 1 aromatic heterocycles. The van der Waals surface area contributed by atoms with Gasteiger partial charge >= 0.3 is 0 Å². The number of hydrogen-bond acceptors (Lipinski definition) is 4. The molecule has 0 spiro atoms. The van der Waals surface area contributed by atoms with Crippen LogP contribution in [0.3, 0.4) is 0 Å². The summed E-state index contributed by atoms with van der Waals surface area (Å²) in [5, 5.41) is 7.22. The van der Waals surface area contributed by atoms with Crippen LogP contribution in [0.5, 0.6) is 0 Å². The van der Waals surface area contributed by atoms with Gasteiger partial charge < -0.3 is 9.84 Å². The zero-order chi connectivity index (χ0) is 12.8. The van der Waals surface area contributed by atoms with Crippen LogP contribution in [-0.4, -0.2) is 23.2 Å². The van der Waals surface area contributed by atoms with E-state index in [9.17, 15) is 0 Å². The Morgan fingerprint density at radius 2 is 2.28 bits per heavy atom. The van der Waals surface area contributed by atoms with E-state index in [1.807, 2.05) is 12.1 Å². The van der Waals surface area contributed by atoms with Crippen molar-refractivity contribution < 1.29 is 4.52 Å². The van der Waals surface area contributed by atoms with E-state index in [0.29, 0.717) is 12.3 Å². The van der Waals surface area contributed by atoms with E-state index in [1.165, 1.54) is 5.56 Å². The van der Waals surface area contributed by atoms with Crippen molar-refractivity contribution in [3.63, 3.8) is 0 Å². The monoisotopic (exact) mass is 309 g/mol. The SMILES string of the molecule is CCNCCc1nc(Cc2cccc(Br)c2)no1. The molecule has 0 unspecified atom stereocenters. The average Bonchev–Trinajstić information content (AvgIpc) is 2.77. The standard InChI is InChI=1S/C13H16BrN3O/c1-2-15-7-6-13-16-12(17-18-13)9-10-4-3-5-11(14)8-10/h3-5,8,15H,2,6-7,9H2,1H3. The highest BCUT2D eigenvalue weighted by atomic mass is 79.9. The maximum absolute atomic E-state index is 5.20. The van der Waals surface area contributed by atoms with E-state index in [0.717, 1.165) is 29.8 Å². The second kappa shape index (κ2) is 6.66. The normalized spacial score (nSPS) is 10.8. The third-order valence-electron chi connectivity index (χ3n) is 2.53. The third-order valence-corrected chi connectivity index (χ3v) is 3.02. The molecule has 2 rings (SSSR count). The molecule has 0 bridgehead atoms. The van der Waals surface area contributed by atoms with Crippen molar-refractivity contribution in [3.8, 4) is 0 Å². The third kappa shape index (κ3) is 3.92. The van der Waals surface area contributed by atoms with Crippen LogP contribution in [0.2, 0.25) is 0 Å². The van der Waals surface area contributed by atoms with Crippen molar-refractivity contribution >= 4 is 15.9 Å². The van der Waals surface area contributed by atoms with Crippen LogP contribution >= 0.6 is 15.9 Å². The number of hydrogen-bond donors (Lipinski definition) is 1. The van der Waals surface area contributed by atoms with Gasteiger partial charge in [0.25, 0.3) is 0 Å². The van der Waals surface area contributed by atoms with Gasteiger partial charge in [-0.1, -0.05) is 40.1 Å². The molecule has 4 nitrogen and oxygen atoms in total. The number of likely N-dealkylation sites (N-methyl/N-ethyl adjacent to an activating group) is 1. The van der Waals surface area contributed by atoms with Gasteiger partial charge in [0.1, 0.15) is 0 Å². The van der Waals surface area contributed by atoms with Crippen molar-refractivity contribution in [2.75, 3.05) is 13.1 Å². The fourth-order valence-corrected chi connectivity index (χ4v) is 2.11. The number of rotatable bonds is 6. The number of aromatic nitrogens is 2. The number of benzene rings is 1. The minimum atomic E-state index is 0.695. The van der Waals surface area contributed by atoms with Gasteiger partial charge in [0, 0.05) is 23.9 Å². The lowest BCUT2D eigenvalue weighted by atomic mass is 10.1. The maximum atomic E-state index is 5.20. The molecule has 18 heavy (non-hydrogen) atoms. The van der Waals surface area contributed by atoms with Crippen LogP contribution < -0.4 is 5.32 Å². The minimum Gasteiger partial charge on any atom is -0.339 e. The van der Waals surface area contributed by atoms with E-state index in [2.05, 4.69) is 50.4 Å². The first-order valence-electron chi connectivity index (χ1n) is 6.04. The molecule has 1 aromatic carbocycles. The second-order valence-corrected chi connectivity index (χ2v) is 4.93. The second-order valence-electron chi connectivity index (χ2n) is 4.01. The largest absolute Gasteiger partial charge is 0.339 e. The molecule has 0 amide bonds. The fourth-order valence-electron chi connectivity index (χ4n) is 1.67. The molecular formula is C13H16BrN3O. The zero-order valence-corrected chi connectivity index (χ0v) is 11.9. The van der Waals surface area contributed by atoms with Crippen molar-refractivity contribution in [1.29, 1.82) is 0 Å². The van der Waals surface area contributed by atoms with Crippen LogP contribution in [0.4, 0.5) is 0 Å². The van der Waals surface area contributed by atoms with Crippen LogP contribution in [0.25, 0.3) is 0 Å². The van der Waals surface area contributed by atoms with Gasteiger partial charge in [-0.2, -0.15) is 4.98 Å². The minimum absolute atomic E-state index is 0.695. The summed E-state index contributed by atoms with van der Waals surface area (Å²) in [6.07, 6.45) is 1.48. The summed E-state index contributed by atoms with van der Waals surface area (Å²) in [5.74, 6) is 1.43. The Balaban J connectivity index is 1.94. The highest BCUT2D eigenvalue weighted by molar-refractivity contribution is 9.10. The summed E-state index contributed by atoms with van der Waals surface area (Å²) in [7, 11) is 0. The summed E-state index contributed by atoms with van der Waals surface area (Å²) in [6.45, 7) is 3.90. The Morgan fingerprint density at radius 3 is 3.06 bits per heavy atom. The van der Waals surface area contributed by atoms with E-state index in [-0.39, 0.29) is 0 Å². The molecule has 0 saturated carbocycles. The summed E-state index contributed by atoms with van der Waals surface area (Å²) < 4.78 is 6.27. The summed E-state index contributed by atoms with van der Waals surface area (Å²) in [4.78, 5) is 4.37. The lowest BCUT2D eigenvalue weighted by Gasteiger charge is -1.97. The van der Waals surface area contributed by atoms with Gasteiger partial charge in [0.05, 0.1) is 0 Å². The van der Waals surface area contributed by atoms with E-state index >= 15 is 0 Å².